The van der Waals surface area contributed by atoms with Gasteiger partial charge in [0.15, 0.2) is 0 Å². The summed E-state index contributed by atoms with van der Waals surface area (Å²) in [5, 5.41) is 4.16. The van der Waals surface area contributed by atoms with Crippen molar-refractivity contribution in [3.05, 3.63) is 22.8 Å². The van der Waals surface area contributed by atoms with Crippen molar-refractivity contribution in [1.29, 1.82) is 0 Å². The van der Waals surface area contributed by atoms with Gasteiger partial charge in [-0.15, -0.1) is 0 Å². The zero-order chi connectivity index (χ0) is 13.7. The first kappa shape index (κ1) is 14.6. The Kier molecular flexibility index (Phi) is 5.46. The maximum Gasteiger partial charge on any atom is 0.147 e. The number of nitrogens with one attached hydrogen (secondary N) is 1. The fourth-order valence-corrected chi connectivity index (χ4v) is 3.02. The quantitative estimate of drug-likeness (QED) is 0.808. The Morgan fingerprint density at radius 3 is 3.00 bits per heavy atom. The molecule has 0 aliphatic carbocycles. The van der Waals surface area contributed by atoms with Gasteiger partial charge < -0.3 is 10.2 Å². The number of rotatable bonds is 6. The number of nitrogens with zero attached hydrogens (tertiary/aromatic N) is 2. The second-order valence-electron chi connectivity index (χ2n) is 5.22. The molecule has 106 valence electrons. The van der Waals surface area contributed by atoms with Crippen molar-refractivity contribution in [1.82, 2.24) is 10.3 Å². The number of hydrogen-bond donors (Lipinski definition) is 1. The molecular weight excluding hydrogens is 258 g/mol. The SMILES string of the molecule is CCCNCc1cnc(N2CCCC2CC)c(Cl)c1. The highest BCUT2D eigenvalue weighted by Crippen LogP contribution is 2.31. The van der Waals surface area contributed by atoms with Crippen LogP contribution in [0.4, 0.5) is 5.82 Å². The molecule has 0 radical (unpaired) electrons. The summed E-state index contributed by atoms with van der Waals surface area (Å²) in [6.07, 6.45) is 6.77. The lowest BCUT2D eigenvalue weighted by molar-refractivity contribution is 0.639. The molecule has 0 spiro atoms. The molecule has 19 heavy (non-hydrogen) atoms. The molecule has 1 aromatic heterocycles. The van der Waals surface area contributed by atoms with E-state index in [1.54, 1.807) is 0 Å². The van der Waals surface area contributed by atoms with Crippen LogP contribution in [0.25, 0.3) is 0 Å². The highest BCUT2D eigenvalue weighted by atomic mass is 35.5. The standard InChI is InChI=1S/C15H24ClN3/c1-3-7-17-10-12-9-14(16)15(18-11-12)19-8-5-6-13(19)4-2/h9,11,13,17H,3-8,10H2,1-2H3. The Hall–Kier alpha value is -0.800. The fourth-order valence-electron chi connectivity index (χ4n) is 2.73. The molecule has 2 rings (SSSR count). The van der Waals surface area contributed by atoms with Gasteiger partial charge in [0.2, 0.25) is 0 Å². The predicted octanol–water partition coefficient (Wildman–Crippen LogP) is 3.61. The maximum absolute atomic E-state index is 6.41. The van der Waals surface area contributed by atoms with Crippen molar-refractivity contribution in [3.8, 4) is 0 Å². The van der Waals surface area contributed by atoms with Crippen LogP contribution >= 0.6 is 11.6 Å². The van der Waals surface area contributed by atoms with Gasteiger partial charge in [-0.2, -0.15) is 0 Å². The Bertz CT molecular complexity index is 408. The fraction of sp³-hybridized carbons (Fsp3) is 0.667. The number of hydrogen-bond acceptors (Lipinski definition) is 3. The molecule has 3 nitrogen and oxygen atoms in total. The van der Waals surface area contributed by atoms with E-state index in [4.69, 9.17) is 11.6 Å². The van der Waals surface area contributed by atoms with E-state index in [0.717, 1.165) is 48.9 Å². The Morgan fingerprint density at radius 2 is 2.32 bits per heavy atom. The molecule has 0 amide bonds. The van der Waals surface area contributed by atoms with Crippen LogP contribution in [0.3, 0.4) is 0 Å². The number of anilines is 1. The van der Waals surface area contributed by atoms with E-state index >= 15 is 0 Å². The normalized spacial score (nSPS) is 19.1. The lowest BCUT2D eigenvalue weighted by Gasteiger charge is -2.25. The van der Waals surface area contributed by atoms with E-state index in [9.17, 15) is 0 Å². The Morgan fingerprint density at radius 1 is 1.47 bits per heavy atom. The van der Waals surface area contributed by atoms with E-state index in [1.165, 1.54) is 12.8 Å². The van der Waals surface area contributed by atoms with Gasteiger partial charge >= 0.3 is 0 Å². The van der Waals surface area contributed by atoms with Crippen LogP contribution in [-0.4, -0.2) is 24.1 Å². The zero-order valence-corrected chi connectivity index (χ0v) is 12.7. The van der Waals surface area contributed by atoms with Crippen LogP contribution in [0, 0.1) is 0 Å². The second kappa shape index (κ2) is 7.11. The van der Waals surface area contributed by atoms with E-state index in [-0.39, 0.29) is 0 Å². The summed E-state index contributed by atoms with van der Waals surface area (Å²) in [5.41, 5.74) is 1.16. The van der Waals surface area contributed by atoms with Crippen molar-refractivity contribution in [3.63, 3.8) is 0 Å². The molecule has 1 saturated heterocycles. The first-order chi connectivity index (χ1) is 9.26. The lowest BCUT2D eigenvalue weighted by atomic mass is 10.1. The average Bonchev–Trinajstić information content (AvgIpc) is 2.87. The molecule has 1 aliphatic heterocycles. The van der Waals surface area contributed by atoms with Crippen LogP contribution in [-0.2, 0) is 6.54 Å². The zero-order valence-electron chi connectivity index (χ0n) is 12.0. The maximum atomic E-state index is 6.41. The van der Waals surface area contributed by atoms with E-state index in [1.807, 2.05) is 6.20 Å². The molecule has 1 aromatic rings. The third kappa shape index (κ3) is 3.61. The molecule has 0 saturated carbocycles. The van der Waals surface area contributed by atoms with Crippen molar-refractivity contribution < 1.29 is 0 Å². The van der Waals surface area contributed by atoms with Crippen LogP contribution in [0.2, 0.25) is 5.02 Å². The van der Waals surface area contributed by atoms with Gasteiger partial charge in [-0.1, -0.05) is 25.4 Å². The first-order valence-electron chi connectivity index (χ1n) is 7.38. The van der Waals surface area contributed by atoms with Crippen molar-refractivity contribution in [2.45, 2.75) is 52.1 Å². The second-order valence-corrected chi connectivity index (χ2v) is 5.63. The first-order valence-corrected chi connectivity index (χ1v) is 7.75. The summed E-state index contributed by atoms with van der Waals surface area (Å²) in [4.78, 5) is 6.96. The Labute approximate surface area is 121 Å². The van der Waals surface area contributed by atoms with Gasteiger partial charge in [0, 0.05) is 25.3 Å². The number of aromatic nitrogens is 1. The molecular formula is C15H24ClN3. The third-order valence-corrected chi connectivity index (χ3v) is 4.03. The van der Waals surface area contributed by atoms with Crippen LogP contribution < -0.4 is 10.2 Å². The summed E-state index contributed by atoms with van der Waals surface area (Å²) in [7, 11) is 0. The summed E-state index contributed by atoms with van der Waals surface area (Å²) < 4.78 is 0. The van der Waals surface area contributed by atoms with Gasteiger partial charge in [-0.3, -0.25) is 0 Å². The predicted molar refractivity (Wildman–Crippen MR) is 81.9 cm³/mol. The Balaban J connectivity index is 2.06. The minimum absolute atomic E-state index is 0.606. The minimum atomic E-state index is 0.606. The van der Waals surface area contributed by atoms with Gasteiger partial charge in [0.25, 0.3) is 0 Å². The largest absolute Gasteiger partial charge is 0.352 e. The molecule has 1 aliphatic rings. The van der Waals surface area contributed by atoms with Gasteiger partial charge in [-0.05, 0) is 43.9 Å². The molecule has 0 aromatic carbocycles. The van der Waals surface area contributed by atoms with Crippen molar-refractivity contribution in [2.24, 2.45) is 0 Å². The van der Waals surface area contributed by atoms with E-state index in [2.05, 4.69) is 35.1 Å². The molecule has 2 heterocycles. The van der Waals surface area contributed by atoms with Crippen molar-refractivity contribution >= 4 is 17.4 Å². The van der Waals surface area contributed by atoms with Crippen LogP contribution in [0.15, 0.2) is 12.3 Å². The molecule has 0 bridgehead atoms. The van der Waals surface area contributed by atoms with Gasteiger partial charge in [0.1, 0.15) is 5.82 Å². The third-order valence-electron chi connectivity index (χ3n) is 3.75. The molecule has 1 fully saturated rings. The molecule has 4 heteroatoms. The lowest BCUT2D eigenvalue weighted by Crippen LogP contribution is -2.29. The highest BCUT2D eigenvalue weighted by molar-refractivity contribution is 6.33. The summed E-state index contributed by atoms with van der Waals surface area (Å²) in [5.74, 6) is 0.963. The summed E-state index contributed by atoms with van der Waals surface area (Å²) in [6, 6.07) is 2.66. The molecule has 1 N–H and O–H groups in total. The monoisotopic (exact) mass is 281 g/mol. The minimum Gasteiger partial charge on any atom is -0.352 e. The van der Waals surface area contributed by atoms with Gasteiger partial charge in [0.05, 0.1) is 5.02 Å². The van der Waals surface area contributed by atoms with E-state index in [0.29, 0.717) is 6.04 Å². The highest BCUT2D eigenvalue weighted by Gasteiger charge is 2.25. The van der Waals surface area contributed by atoms with Crippen molar-refractivity contribution in [2.75, 3.05) is 18.0 Å². The van der Waals surface area contributed by atoms with Gasteiger partial charge in [-0.25, -0.2) is 4.98 Å². The van der Waals surface area contributed by atoms with E-state index < -0.39 is 0 Å². The summed E-state index contributed by atoms with van der Waals surface area (Å²) >= 11 is 6.41. The van der Waals surface area contributed by atoms with Crippen LogP contribution in [0.5, 0.6) is 0 Å². The summed E-state index contributed by atoms with van der Waals surface area (Å²) in [6.45, 7) is 7.36. The topological polar surface area (TPSA) is 28.2 Å². The van der Waals surface area contributed by atoms with Crippen LogP contribution in [0.1, 0.15) is 45.1 Å². The molecule has 1 unspecified atom stereocenters. The number of pyridine rings is 1. The smallest absolute Gasteiger partial charge is 0.147 e. The average molecular weight is 282 g/mol. The number of halogens is 1. The molecule has 1 atom stereocenters.